The number of carbonyl (C=O) groups excluding carboxylic acids is 2. The van der Waals surface area contributed by atoms with Gasteiger partial charge in [-0.15, -0.1) is 0 Å². The van der Waals surface area contributed by atoms with Crippen LogP contribution in [0.25, 0.3) is 6.08 Å². The van der Waals surface area contributed by atoms with Gasteiger partial charge in [0.25, 0.3) is 0 Å². The minimum Gasteiger partial charge on any atom is -0.497 e. The highest BCUT2D eigenvalue weighted by Crippen LogP contribution is 2.35. The third-order valence-electron chi connectivity index (χ3n) is 5.70. The van der Waals surface area contributed by atoms with Crippen molar-refractivity contribution in [2.75, 3.05) is 25.1 Å². The molecule has 0 spiro atoms. The lowest BCUT2D eigenvalue weighted by Crippen LogP contribution is -2.21. The maximum atomic E-state index is 12.8. The molecule has 34 heavy (non-hydrogen) atoms. The van der Waals surface area contributed by atoms with Crippen molar-refractivity contribution in [3.05, 3.63) is 89.2 Å². The van der Waals surface area contributed by atoms with Crippen molar-refractivity contribution in [1.29, 1.82) is 0 Å². The van der Waals surface area contributed by atoms with E-state index in [1.807, 2.05) is 36.4 Å². The van der Waals surface area contributed by atoms with Crippen molar-refractivity contribution in [2.24, 2.45) is 0 Å². The number of nitrogens with zero attached hydrogens (tertiary/aromatic N) is 1. The van der Waals surface area contributed by atoms with Crippen molar-refractivity contribution in [3.63, 3.8) is 0 Å². The molecule has 0 radical (unpaired) electrons. The third kappa shape index (κ3) is 5.12. The molecule has 0 unspecified atom stereocenters. The Balaban J connectivity index is 1.43. The van der Waals surface area contributed by atoms with Crippen molar-refractivity contribution < 1.29 is 23.8 Å². The van der Waals surface area contributed by atoms with Gasteiger partial charge >= 0.3 is 5.97 Å². The number of rotatable bonds is 8. The Morgan fingerprint density at radius 3 is 2.26 bits per heavy atom. The van der Waals surface area contributed by atoms with E-state index >= 15 is 0 Å². The number of anilines is 1. The van der Waals surface area contributed by atoms with E-state index in [9.17, 15) is 9.59 Å². The molecule has 1 aliphatic rings. The van der Waals surface area contributed by atoms with Gasteiger partial charge in [0, 0.05) is 24.8 Å². The molecule has 174 valence electrons. The zero-order valence-electron chi connectivity index (χ0n) is 19.5. The molecule has 1 aliphatic heterocycles. The Hall–Kier alpha value is -4.06. The van der Waals surface area contributed by atoms with Crippen LogP contribution in [0.5, 0.6) is 17.2 Å². The minimum absolute atomic E-state index is 0.121. The topological polar surface area (TPSA) is 65.1 Å². The fourth-order valence-corrected chi connectivity index (χ4v) is 3.83. The van der Waals surface area contributed by atoms with Crippen LogP contribution < -0.4 is 19.1 Å². The fourth-order valence-electron chi connectivity index (χ4n) is 3.83. The zero-order chi connectivity index (χ0) is 24.1. The molecule has 6 heteroatoms. The molecule has 0 aromatic heterocycles. The van der Waals surface area contributed by atoms with Gasteiger partial charge in [-0.25, -0.2) is 0 Å². The van der Waals surface area contributed by atoms with E-state index in [0.717, 1.165) is 35.7 Å². The molecule has 3 aromatic rings. The molecule has 0 amide bonds. The number of fused-ring (bicyclic) bond motifs is 1. The van der Waals surface area contributed by atoms with Crippen LogP contribution in [-0.2, 0) is 11.2 Å². The molecule has 0 N–H and O–H groups in total. The highest BCUT2D eigenvalue weighted by atomic mass is 16.5. The Labute approximate surface area is 199 Å². The lowest BCUT2D eigenvalue weighted by molar-refractivity contribution is -0.133. The van der Waals surface area contributed by atoms with Gasteiger partial charge in [0.15, 0.2) is 5.76 Å². The van der Waals surface area contributed by atoms with Crippen LogP contribution in [0.4, 0.5) is 5.69 Å². The molecule has 1 heterocycles. The zero-order valence-corrected chi connectivity index (χ0v) is 19.5. The summed E-state index contributed by atoms with van der Waals surface area (Å²) in [5.41, 5.74) is 3.27. The summed E-state index contributed by atoms with van der Waals surface area (Å²) < 4.78 is 16.4. The largest absolute Gasteiger partial charge is 0.497 e. The second-order valence-corrected chi connectivity index (χ2v) is 7.86. The van der Waals surface area contributed by atoms with Crippen LogP contribution in [0.1, 0.15) is 35.3 Å². The minimum atomic E-state index is -0.404. The van der Waals surface area contributed by atoms with Crippen LogP contribution in [0.3, 0.4) is 0 Å². The highest BCUT2D eigenvalue weighted by Gasteiger charge is 2.28. The quantitative estimate of drug-likeness (QED) is 0.260. The molecule has 0 fully saturated rings. The number of hydrogen-bond acceptors (Lipinski definition) is 6. The molecule has 4 rings (SSSR count). The standard InChI is InChI=1S/C28H27NO5/c1-4-29(5-2)21-10-6-19(7-11-21)16-26-28(31)24-15-14-23(18-25(24)34-26)33-27(30)17-20-8-12-22(32-3)13-9-20/h6-16,18H,4-5,17H2,1-3H3/b26-16-. The Kier molecular flexibility index (Phi) is 6.97. The molecule has 0 atom stereocenters. The summed E-state index contributed by atoms with van der Waals surface area (Å²) in [6.07, 6.45) is 1.85. The second kappa shape index (κ2) is 10.3. The Bertz CT molecular complexity index is 1210. The van der Waals surface area contributed by atoms with Crippen molar-refractivity contribution in [2.45, 2.75) is 20.3 Å². The predicted molar refractivity (Wildman–Crippen MR) is 132 cm³/mol. The summed E-state index contributed by atoms with van der Waals surface area (Å²) >= 11 is 0. The van der Waals surface area contributed by atoms with E-state index < -0.39 is 5.97 Å². The number of esters is 1. The van der Waals surface area contributed by atoms with Gasteiger partial charge < -0.3 is 19.1 Å². The lowest BCUT2D eigenvalue weighted by Gasteiger charge is -2.20. The van der Waals surface area contributed by atoms with E-state index in [0.29, 0.717) is 17.1 Å². The van der Waals surface area contributed by atoms with Crippen LogP contribution in [0.2, 0.25) is 0 Å². The van der Waals surface area contributed by atoms with E-state index in [-0.39, 0.29) is 18.0 Å². The smallest absolute Gasteiger partial charge is 0.315 e. The maximum Gasteiger partial charge on any atom is 0.315 e. The number of hydrogen-bond donors (Lipinski definition) is 0. The first-order valence-electron chi connectivity index (χ1n) is 11.3. The van der Waals surface area contributed by atoms with Crippen molar-refractivity contribution in [3.8, 4) is 17.2 Å². The van der Waals surface area contributed by atoms with Gasteiger partial charge in [-0.05, 0) is 67.4 Å². The molecular formula is C28H27NO5. The van der Waals surface area contributed by atoms with Gasteiger partial charge in [-0.3, -0.25) is 9.59 Å². The highest BCUT2D eigenvalue weighted by molar-refractivity contribution is 6.14. The first kappa shape index (κ1) is 23.1. The van der Waals surface area contributed by atoms with Crippen molar-refractivity contribution >= 4 is 23.5 Å². The van der Waals surface area contributed by atoms with Crippen LogP contribution in [0, 0.1) is 0 Å². The molecule has 0 saturated heterocycles. The first-order valence-corrected chi connectivity index (χ1v) is 11.3. The average Bonchev–Trinajstić information content (AvgIpc) is 3.15. The number of Topliss-reactive ketones (excluding diaryl/α,β-unsaturated/α-hetero) is 1. The van der Waals surface area contributed by atoms with Crippen molar-refractivity contribution in [1.82, 2.24) is 0 Å². The van der Waals surface area contributed by atoms with E-state index in [1.54, 1.807) is 43.5 Å². The van der Waals surface area contributed by atoms with Gasteiger partial charge in [0.2, 0.25) is 5.78 Å². The summed E-state index contributed by atoms with van der Waals surface area (Å²) in [7, 11) is 1.59. The second-order valence-electron chi connectivity index (χ2n) is 7.86. The fraction of sp³-hybridized carbons (Fsp3) is 0.214. The average molecular weight is 458 g/mol. The van der Waals surface area contributed by atoms with Gasteiger partial charge in [0.05, 0.1) is 19.1 Å². The summed E-state index contributed by atoms with van der Waals surface area (Å²) in [6, 6.07) is 20.0. The monoisotopic (exact) mass is 457 g/mol. The number of methoxy groups -OCH3 is 1. The van der Waals surface area contributed by atoms with Crippen LogP contribution in [-0.4, -0.2) is 32.0 Å². The molecule has 3 aromatic carbocycles. The third-order valence-corrected chi connectivity index (χ3v) is 5.70. The maximum absolute atomic E-state index is 12.8. The van der Waals surface area contributed by atoms with Gasteiger partial charge in [-0.1, -0.05) is 24.3 Å². The van der Waals surface area contributed by atoms with Gasteiger partial charge in [-0.2, -0.15) is 0 Å². The molecular weight excluding hydrogens is 430 g/mol. The van der Waals surface area contributed by atoms with E-state index in [2.05, 4.69) is 18.7 Å². The van der Waals surface area contributed by atoms with Crippen LogP contribution in [0.15, 0.2) is 72.5 Å². The number of benzene rings is 3. The number of ketones is 1. The number of allylic oxidation sites excluding steroid dienone is 1. The summed E-state index contributed by atoms with van der Waals surface area (Å²) in [6.45, 7) is 6.10. The molecule has 0 aliphatic carbocycles. The summed E-state index contributed by atoms with van der Waals surface area (Å²) in [4.78, 5) is 27.4. The lowest BCUT2D eigenvalue weighted by atomic mass is 10.1. The van der Waals surface area contributed by atoms with E-state index in [1.165, 1.54) is 0 Å². The predicted octanol–water partition coefficient (Wildman–Crippen LogP) is 5.31. The normalized spacial score (nSPS) is 13.4. The Morgan fingerprint density at radius 1 is 0.941 bits per heavy atom. The molecule has 6 nitrogen and oxygen atoms in total. The number of carbonyl (C=O) groups is 2. The number of ether oxygens (including phenoxy) is 3. The first-order chi connectivity index (χ1) is 16.5. The SMILES string of the molecule is CCN(CC)c1ccc(/C=C2\Oc3cc(OC(=O)Cc4ccc(OC)cc4)ccc3C2=O)cc1. The van der Waals surface area contributed by atoms with E-state index in [4.69, 9.17) is 14.2 Å². The molecule has 0 bridgehead atoms. The molecule has 0 saturated carbocycles. The summed E-state index contributed by atoms with van der Waals surface area (Å²) in [5.74, 6) is 1.08. The summed E-state index contributed by atoms with van der Waals surface area (Å²) in [5, 5.41) is 0. The van der Waals surface area contributed by atoms with Gasteiger partial charge in [0.1, 0.15) is 17.2 Å². The van der Waals surface area contributed by atoms with Crippen LogP contribution >= 0.6 is 0 Å². The Morgan fingerprint density at radius 2 is 1.62 bits per heavy atom.